The first-order valence-electron chi connectivity index (χ1n) is 6.17. The van der Waals surface area contributed by atoms with Gasteiger partial charge in [0.25, 0.3) is 0 Å². The molecule has 0 heterocycles. The Hall–Kier alpha value is -1.40. The van der Waals surface area contributed by atoms with Crippen molar-refractivity contribution in [3.63, 3.8) is 0 Å². The van der Waals surface area contributed by atoms with Gasteiger partial charge in [0.05, 0.1) is 26.7 Å². The van der Waals surface area contributed by atoms with Gasteiger partial charge in [-0.05, 0) is 18.2 Å². The Balaban J connectivity index is 0.00000200. The third-order valence-corrected chi connectivity index (χ3v) is 2.80. The van der Waals surface area contributed by atoms with E-state index in [1.807, 2.05) is 63.6 Å². The van der Waals surface area contributed by atoms with Crippen LogP contribution in [-0.4, -0.2) is 27.1 Å². The molecule has 0 saturated carbocycles. The van der Waals surface area contributed by atoms with Crippen LogP contribution >= 0.6 is 0 Å². The quantitative estimate of drug-likeness (QED) is 0.326. The second-order valence-electron chi connectivity index (χ2n) is 5.24. The van der Waals surface area contributed by atoms with Crippen molar-refractivity contribution in [3.8, 4) is 5.75 Å². The molecule has 0 spiro atoms. The average molecular weight is 383 g/mol. The maximum absolute atomic E-state index is 12.1. The van der Waals surface area contributed by atoms with Gasteiger partial charge in [-0.2, -0.15) is 0 Å². The van der Waals surface area contributed by atoms with Crippen LogP contribution in [0, 0.1) is 0 Å². The van der Waals surface area contributed by atoms with Gasteiger partial charge in [-0.25, -0.2) is 4.79 Å². The van der Waals surface area contributed by atoms with Gasteiger partial charge in [0, 0.05) is 6.07 Å². The highest BCUT2D eigenvalue weighted by atomic mass is 127. The standard InChI is InChI=1S/C16H18NO2.HI/c1-17(2,3)14-11-7-8-12-15(14)19-16(18)13-9-5-4-6-10-13;/h4-12H,1-3H3;1H/q+1;/p-1. The summed E-state index contributed by atoms with van der Waals surface area (Å²) in [5.74, 6) is 0.269. The molecular weight excluding hydrogens is 365 g/mol. The van der Waals surface area contributed by atoms with Crippen LogP contribution in [0.5, 0.6) is 5.75 Å². The summed E-state index contributed by atoms with van der Waals surface area (Å²) in [6.07, 6.45) is 0. The number of esters is 1. The Morgan fingerprint density at radius 2 is 1.45 bits per heavy atom. The van der Waals surface area contributed by atoms with Crippen LogP contribution in [0.15, 0.2) is 54.6 Å². The second-order valence-corrected chi connectivity index (χ2v) is 5.24. The van der Waals surface area contributed by atoms with Crippen LogP contribution in [0.2, 0.25) is 0 Å². The summed E-state index contributed by atoms with van der Waals surface area (Å²) in [6.45, 7) is 0. The highest BCUT2D eigenvalue weighted by Gasteiger charge is 2.20. The molecule has 106 valence electrons. The molecule has 0 N–H and O–H groups in total. The smallest absolute Gasteiger partial charge is 0.343 e. The monoisotopic (exact) mass is 383 g/mol. The third-order valence-electron chi connectivity index (χ3n) is 2.80. The van der Waals surface area contributed by atoms with Crippen molar-refractivity contribution < 1.29 is 33.5 Å². The Morgan fingerprint density at radius 3 is 2.05 bits per heavy atom. The summed E-state index contributed by atoms with van der Waals surface area (Å²) in [7, 11) is 6.11. The number of benzene rings is 2. The van der Waals surface area contributed by atoms with E-state index >= 15 is 0 Å². The normalized spacial score (nSPS) is 10.6. The van der Waals surface area contributed by atoms with Crippen molar-refractivity contribution in [2.24, 2.45) is 0 Å². The molecule has 0 fully saturated rings. The molecule has 2 rings (SSSR count). The first kappa shape index (κ1) is 16.7. The van der Waals surface area contributed by atoms with E-state index in [2.05, 4.69) is 0 Å². The van der Waals surface area contributed by atoms with E-state index in [4.69, 9.17) is 4.74 Å². The largest absolute Gasteiger partial charge is 1.00 e. The molecule has 0 aliphatic heterocycles. The predicted octanol–water partition coefficient (Wildman–Crippen LogP) is 0.107. The van der Waals surface area contributed by atoms with Crippen LogP contribution in [0.4, 0.5) is 5.69 Å². The number of para-hydroxylation sites is 2. The van der Waals surface area contributed by atoms with E-state index in [9.17, 15) is 4.79 Å². The first-order valence-corrected chi connectivity index (χ1v) is 6.17. The molecule has 0 aromatic heterocycles. The molecule has 0 radical (unpaired) electrons. The molecule has 2 aromatic rings. The molecule has 0 aliphatic carbocycles. The van der Waals surface area contributed by atoms with Crippen molar-refractivity contribution >= 4 is 11.7 Å². The topological polar surface area (TPSA) is 26.3 Å². The number of ether oxygens (including phenoxy) is 1. The Labute approximate surface area is 136 Å². The van der Waals surface area contributed by atoms with Gasteiger partial charge in [0.1, 0.15) is 0 Å². The van der Waals surface area contributed by atoms with Crippen molar-refractivity contribution in [1.29, 1.82) is 0 Å². The summed E-state index contributed by atoms with van der Waals surface area (Å²) in [5.41, 5.74) is 1.52. The molecule has 0 aliphatic rings. The van der Waals surface area contributed by atoms with Crippen LogP contribution in [0.1, 0.15) is 10.4 Å². The van der Waals surface area contributed by atoms with Gasteiger partial charge in [0.2, 0.25) is 0 Å². The average Bonchev–Trinajstić information content (AvgIpc) is 2.39. The fourth-order valence-corrected chi connectivity index (χ4v) is 1.83. The minimum absolute atomic E-state index is 0. The fraction of sp³-hybridized carbons (Fsp3) is 0.188. The minimum Gasteiger partial charge on any atom is -1.00 e. The van der Waals surface area contributed by atoms with Gasteiger partial charge < -0.3 is 28.7 Å². The van der Waals surface area contributed by atoms with Gasteiger partial charge >= 0.3 is 5.97 Å². The van der Waals surface area contributed by atoms with Crippen LogP contribution < -0.4 is 33.2 Å². The molecular formula is C16H18INO2. The molecule has 0 unspecified atom stereocenters. The summed E-state index contributed by atoms with van der Waals surface area (Å²) >= 11 is 0. The van der Waals surface area contributed by atoms with Crippen molar-refractivity contribution in [3.05, 3.63) is 60.2 Å². The van der Waals surface area contributed by atoms with Crippen LogP contribution in [0.3, 0.4) is 0 Å². The Bertz CT molecular complexity index is 577. The molecule has 0 amide bonds. The number of hydrogen-bond acceptors (Lipinski definition) is 2. The number of hydrogen-bond donors (Lipinski definition) is 0. The number of nitrogens with zero attached hydrogens (tertiary/aromatic N) is 1. The molecule has 0 saturated heterocycles. The van der Waals surface area contributed by atoms with E-state index in [1.54, 1.807) is 12.1 Å². The summed E-state index contributed by atoms with van der Waals surface area (Å²) in [4.78, 5) is 12.1. The van der Waals surface area contributed by atoms with E-state index in [-0.39, 0.29) is 29.9 Å². The predicted molar refractivity (Wildman–Crippen MR) is 77.4 cm³/mol. The first-order chi connectivity index (χ1) is 8.98. The fourth-order valence-electron chi connectivity index (χ4n) is 1.83. The maximum Gasteiger partial charge on any atom is 0.343 e. The van der Waals surface area contributed by atoms with Crippen molar-refractivity contribution in [1.82, 2.24) is 4.48 Å². The van der Waals surface area contributed by atoms with E-state index < -0.39 is 0 Å². The van der Waals surface area contributed by atoms with Gasteiger partial charge in [0.15, 0.2) is 11.4 Å². The third kappa shape index (κ3) is 4.05. The van der Waals surface area contributed by atoms with Gasteiger partial charge in [-0.3, -0.25) is 4.48 Å². The van der Waals surface area contributed by atoms with Crippen LogP contribution in [0.25, 0.3) is 0 Å². The van der Waals surface area contributed by atoms with E-state index in [0.29, 0.717) is 15.8 Å². The number of carbonyl (C=O) groups is 1. The lowest BCUT2D eigenvalue weighted by Crippen LogP contribution is -3.00. The summed E-state index contributed by atoms with van der Waals surface area (Å²) in [6, 6.07) is 16.6. The SMILES string of the molecule is C[N+](C)(C)c1ccccc1OC(=O)c1ccccc1.[I-]. The number of halogens is 1. The number of rotatable bonds is 3. The minimum atomic E-state index is -0.332. The summed E-state index contributed by atoms with van der Waals surface area (Å²) in [5, 5.41) is 0. The highest BCUT2D eigenvalue weighted by molar-refractivity contribution is 5.91. The molecule has 3 nitrogen and oxygen atoms in total. The molecule has 0 atom stereocenters. The lowest BCUT2D eigenvalue weighted by atomic mass is 10.2. The lowest BCUT2D eigenvalue weighted by Gasteiger charge is -2.25. The molecule has 2 aromatic carbocycles. The second kappa shape index (κ2) is 6.85. The maximum atomic E-state index is 12.1. The zero-order chi connectivity index (χ0) is 13.9. The molecule has 4 heteroatoms. The Morgan fingerprint density at radius 1 is 0.900 bits per heavy atom. The highest BCUT2D eigenvalue weighted by Crippen LogP contribution is 2.30. The zero-order valence-electron chi connectivity index (χ0n) is 11.8. The van der Waals surface area contributed by atoms with Gasteiger partial charge in [-0.1, -0.05) is 30.3 Å². The number of quaternary nitrogens is 1. The van der Waals surface area contributed by atoms with Crippen molar-refractivity contribution in [2.75, 3.05) is 21.1 Å². The summed E-state index contributed by atoms with van der Waals surface area (Å²) < 4.78 is 6.10. The molecule has 20 heavy (non-hydrogen) atoms. The number of carbonyl (C=O) groups excluding carboxylic acids is 1. The Kier molecular flexibility index (Phi) is 5.71. The van der Waals surface area contributed by atoms with Gasteiger partial charge in [-0.15, -0.1) is 0 Å². The van der Waals surface area contributed by atoms with Crippen LogP contribution in [-0.2, 0) is 0 Å². The molecule has 0 bridgehead atoms. The van der Waals surface area contributed by atoms with E-state index in [0.717, 1.165) is 5.69 Å². The van der Waals surface area contributed by atoms with E-state index in [1.165, 1.54) is 0 Å². The zero-order valence-corrected chi connectivity index (χ0v) is 14.0. The lowest BCUT2D eigenvalue weighted by molar-refractivity contribution is -0.0000171. The van der Waals surface area contributed by atoms with Crippen molar-refractivity contribution in [2.45, 2.75) is 0 Å².